The van der Waals surface area contributed by atoms with Crippen molar-refractivity contribution in [2.75, 3.05) is 19.0 Å². The molecule has 1 amide bonds. The maximum Gasteiger partial charge on any atom is 0.255 e. The third-order valence-electron chi connectivity index (χ3n) is 3.26. The zero-order valence-electron chi connectivity index (χ0n) is 14.2. The molecule has 0 aliphatic carbocycles. The van der Waals surface area contributed by atoms with Gasteiger partial charge in [0.1, 0.15) is 6.04 Å². The molecular weight excluding hydrogens is 312 g/mol. The number of carbonyl (C=O) groups excluding carboxylic acids is 1. The van der Waals surface area contributed by atoms with Crippen molar-refractivity contribution >= 4 is 11.6 Å². The van der Waals surface area contributed by atoms with E-state index >= 15 is 0 Å². The van der Waals surface area contributed by atoms with Gasteiger partial charge < -0.3 is 25.0 Å². The lowest BCUT2D eigenvalue weighted by Crippen LogP contribution is -2.20. The highest BCUT2D eigenvalue weighted by molar-refractivity contribution is 5.75. The van der Waals surface area contributed by atoms with Gasteiger partial charge in [-0.2, -0.15) is 4.98 Å². The van der Waals surface area contributed by atoms with Gasteiger partial charge in [-0.3, -0.25) is 4.79 Å². The van der Waals surface area contributed by atoms with Crippen LogP contribution >= 0.6 is 0 Å². The SMILES string of the molecule is COc1ccc(N[C@@H](C)c2nc(C(C)C)no2)cc1OCC(N)=O. The van der Waals surface area contributed by atoms with Crippen LogP contribution in [0.4, 0.5) is 5.69 Å². The van der Waals surface area contributed by atoms with Gasteiger partial charge in [-0.25, -0.2) is 0 Å². The van der Waals surface area contributed by atoms with Gasteiger partial charge in [-0.15, -0.1) is 0 Å². The number of primary amides is 1. The average molecular weight is 334 g/mol. The number of anilines is 1. The summed E-state index contributed by atoms with van der Waals surface area (Å²) in [6, 6.07) is 5.09. The number of hydrogen-bond acceptors (Lipinski definition) is 7. The minimum atomic E-state index is -0.559. The second-order valence-corrected chi connectivity index (χ2v) is 5.63. The molecule has 1 atom stereocenters. The molecule has 0 aliphatic heterocycles. The molecule has 8 nitrogen and oxygen atoms in total. The van der Waals surface area contributed by atoms with Crippen LogP contribution in [0.5, 0.6) is 11.5 Å². The van der Waals surface area contributed by atoms with Crippen LogP contribution in [-0.2, 0) is 4.79 Å². The predicted molar refractivity (Wildman–Crippen MR) is 88.1 cm³/mol. The number of aromatic nitrogens is 2. The summed E-state index contributed by atoms with van der Waals surface area (Å²) in [4.78, 5) is 15.3. The number of carbonyl (C=O) groups is 1. The van der Waals surface area contributed by atoms with Crippen molar-refractivity contribution < 1.29 is 18.8 Å². The first kappa shape index (κ1) is 17.6. The highest BCUT2D eigenvalue weighted by atomic mass is 16.5. The van der Waals surface area contributed by atoms with Gasteiger partial charge in [0.25, 0.3) is 5.91 Å². The van der Waals surface area contributed by atoms with E-state index in [1.807, 2.05) is 26.8 Å². The Labute approximate surface area is 140 Å². The molecule has 130 valence electrons. The number of benzene rings is 1. The van der Waals surface area contributed by atoms with Crippen molar-refractivity contribution in [2.45, 2.75) is 32.7 Å². The second kappa shape index (κ2) is 7.67. The molecule has 1 aromatic carbocycles. The van der Waals surface area contributed by atoms with E-state index in [1.165, 1.54) is 7.11 Å². The van der Waals surface area contributed by atoms with Crippen molar-refractivity contribution in [3.63, 3.8) is 0 Å². The average Bonchev–Trinajstić information content (AvgIpc) is 3.03. The lowest BCUT2D eigenvalue weighted by molar-refractivity contribution is -0.119. The number of amides is 1. The maximum atomic E-state index is 10.9. The summed E-state index contributed by atoms with van der Waals surface area (Å²) in [6.45, 7) is 5.68. The van der Waals surface area contributed by atoms with Gasteiger partial charge in [0, 0.05) is 17.7 Å². The van der Waals surface area contributed by atoms with E-state index in [1.54, 1.807) is 12.1 Å². The zero-order valence-corrected chi connectivity index (χ0v) is 14.2. The molecule has 0 spiro atoms. The Morgan fingerprint density at radius 2 is 2.08 bits per heavy atom. The summed E-state index contributed by atoms with van der Waals surface area (Å²) in [5, 5.41) is 7.19. The maximum absolute atomic E-state index is 10.9. The topological polar surface area (TPSA) is 112 Å². The number of rotatable bonds is 8. The van der Waals surface area contributed by atoms with Gasteiger partial charge in [0.2, 0.25) is 5.89 Å². The van der Waals surface area contributed by atoms with Gasteiger partial charge in [-0.1, -0.05) is 19.0 Å². The van der Waals surface area contributed by atoms with Crippen LogP contribution in [0.1, 0.15) is 44.4 Å². The van der Waals surface area contributed by atoms with E-state index in [-0.39, 0.29) is 18.6 Å². The van der Waals surface area contributed by atoms with Crippen molar-refractivity contribution in [2.24, 2.45) is 5.73 Å². The first-order valence-corrected chi connectivity index (χ1v) is 7.60. The fourth-order valence-electron chi connectivity index (χ4n) is 2.00. The van der Waals surface area contributed by atoms with Crippen LogP contribution in [0.25, 0.3) is 0 Å². The molecule has 0 saturated carbocycles. The van der Waals surface area contributed by atoms with Crippen molar-refractivity contribution in [3.8, 4) is 11.5 Å². The summed E-state index contributed by atoms with van der Waals surface area (Å²) >= 11 is 0. The van der Waals surface area contributed by atoms with Crippen LogP contribution in [0, 0.1) is 0 Å². The third kappa shape index (κ3) is 4.37. The van der Waals surface area contributed by atoms with Crippen LogP contribution in [0.3, 0.4) is 0 Å². The van der Waals surface area contributed by atoms with Crippen LogP contribution in [0.2, 0.25) is 0 Å². The Bertz CT molecular complexity index is 699. The summed E-state index contributed by atoms with van der Waals surface area (Å²) in [6.07, 6.45) is 0. The third-order valence-corrected chi connectivity index (χ3v) is 3.26. The van der Waals surface area contributed by atoms with Gasteiger partial charge in [0.15, 0.2) is 23.9 Å². The number of nitrogens with two attached hydrogens (primary N) is 1. The minimum absolute atomic E-state index is 0.192. The van der Waals surface area contributed by atoms with Crippen molar-refractivity contribution in [1.82, 2.24) is 10.1 Å². The van der Waals surface area contributed by atoms with E-state index in [0.29, 0.717) is 23.2 Å². The van der Waals surface area contributed by atoms with E-state index < -0.39 is 5.91 Å². The number of nitrogens with one attached hydrogen (secondary N) is 1. The van der Waals surface area contributed by atoms with Gasteiger partial charge in [-0.05, 0) is 19.1 Å². The smallest absolute Gasteiger partial charge is 0.255 e. The number of ether oxygens (including phenoxy) is 2. The summed E-state index contributed by atoms with van der Waals surface area (Å²) in [5.41, 5.74) is 5.86. The monoisotopic (exact) mass is 334 g/mol. The first-order valence-electron chi connectivity index (χ1n) is 7.60. The number of hydrogen-bond donors (Lipinski definition) is 2. The Hall–Kier alpha value is -2.77. The fourth-order valence-corrected chi connectivity index (χ4v) is 2.00. The fraction of sp³-hybridized carbons (Fsp3) is 0.438. The van der Waals surface area contributed by atoms with Gasteiger partial charge >= 0.3 is 0 Å². The molecule has 2 aromatic rings. The van der Waals surface area contributed by atoms with E-state index in [9.17, 15) is 4.79 Å². The van der Waals surface area contributed by atoms with E-state index in [0.717, 1.165) is 5.69 Å². The lowest BCUT2D eigenvalue weighted by Gasteiger charge is -2.15. The van der Waals surface area contributed by atoms with E-state index in [2.05, 4.69) is 15.5 Å². The molecule has 0 radical (unpaired) electrons. The first-order chi connectivity index (χ1) is 11.4. The quantitative estimate of drug-likeness (QED) is 0.761. The lowest BCUT2D eigenvalue weighted by atomic mass is 10.2. The molecule has 1 aromatic heterocycles. The number of nitrogens with zero attached hydrogens (tertiary/aromatic N) is 2. The highest BCUT2D eigenvalue weighted by Gasteiger charge is 2.16. The molecule has 0 saturated heterocycles. The Balaban J connectivity index is 2.12. The Kier molecular flexibility index (Phi) is 5.62. The molecular formula is C16H22N4O4. The standard InChI is InChI=1S/C16H22N4O4/c1-9(2)15-19-16(24-20-15)10(3)18-11-5-6-12(22-4)13(7-11)23-8-14(17)21/h5-7,9-10,18H,8H2,1-4H3,(H2,17,21)/t10-/m0/s1. The number of methoxy groups -OCH3 is 1. The van der Waals surface area contributed by atoms with Crippen molar-refractivity contribution in [3.05, 3.63) is 29.9 Å². The molecule has 0 unspecified atom stereocenters. The zero-order chi connectivity index (χ0) is 17.7. The second-order valence-electron chi connectivity index (χ2n) is 5.63. The summed E-state index contributed by atoms with van der Waals surface area (Å²) in [5.74, 6) is 1.73. The summed E-state index contributed by atoms with van der Waals surface area (Å²) < 4.78 is 15.8. The largest absolute Gasteiger partial charge is 0.493 e. The minimum Gasteiger partial charge on any atom is -0.493 e. The van der Waals surface area contributed by atoms with E-state index in [4.69, 9.17) is 19.7 Å². The molecule has 3 N–H and O–H groups in total. The molecule has 0 aliphatic rings. The van der Waals surface area contributed by atoms with Gasteiger partial charge in [0.05, 0.1) is 7.11 Å². The normalized spacial score (nSPS) is 12.0. The molecule has 0 fully saturated rings. The highest BCUT2D eigenvalue weighted by Crippen LogP contribution is 2.31. The van der Waals surface area contributed by atoms with Crippen LogP contribution in [-0.4, -0.2) is 29.8 Å². The van der Waals surface area contributed by atoms with Crippen LogP contribution in [0.15, 0.2) is 22.7 Å². The molecule has 24 heavy (non-hydrogen) atoms. The Morgan fingerprint density at radius 3 is 2.67 bits per heavy atom. The molecule has 0 bridgehead atoms. The predicted octanol–water partition coefficient (Wildman–Crippen LogP) is 2.24. The molecule has 8 heteroatoms. The Morgan fingerprint density at radius 1 is 1.33 bits per heavy atom. The van der Waals surface area contributed by atoms with Crippen molar-refractivity contribution in [1.29, 1.82) is 0 Å². The molecule has 2 rings (SSSR count). The molecule has 1 heterocycles. The summed E-state index contributed by atoms with van der Waals surface area (Å²) in [7, 11) is 1.52. The van der Waals surface area contributed by atoms with Crippen LogP contribution < -0.4 is 20.5 Å².